The largest absolute Gasteiger partial charge is 0.480 e. The van der Waals surface area contributed by atoms with Crippen LogP contribution in [0.15, 0.2) is 64.9 Å². The molecule has 1 heterocycles. The molecule has 4 nitrogen and oxygen atoms in total. The maximum atomic E-state index is 12.7. The Hall–Kier alpha value is -2.48. The molecule has 0 aliphatic heterocycles. The Labute approximate surface area is 224 Å². The average Bonchev–Trinajstić information content (AvgIpc) is 2.80. The molecule has 206 valence electrons. The van der Waals surface area contributed by atoms with Gasteiger partial charge in [-0.05, 0) is 85.3 Å². The summed E-state index contributed by atoms with van der Waals surface area (Å²) in [5.74, 6) is -0.0444. The molecule has 0 radical (unpaired) electrons. The van der Waals surface area contributed by atoms with Crippen LogP contribution < -0.4 is 5.32 Å². The van der Waals surface area contributed by atoms with Gasteiger partial charge in [0, 0.05) is 17.7 Å². The van der Waals surface area contributed by atoms with Gasteiger partial charge in [0.25, 0.3) is 0 Å². The Kier molecular flexibility index (Phi) is 15.0. The van der Waals surface area contributed by atoms with E-state index >= 15 is 0 Å². The van der Waals surface area contributed by atoms with Gasteiger partial charge >= 0.3 is 12.1 Å². The number of halogens is 3. The van der Waals surface area contributed by atoms with Crippen molar-refractivity contribution in [1.82, 2.24) is 4.98 Å². The Bertz CT molecular complexity index is 960. The molecule has 0 amide bonds. The molecular formula is C29H41F3N2O2S. The number of carbonyl (C=O) groups is 1. The lowest BCUT2D eigenvalue weighted by molar-refractivity contribution is -0.138. The minimum atomic E-state index is -4.48. The van der Waals surface area contributed by atoms with Gasteiger partial charge in [-0.1, -0.05) is 46.6 Å². The maximum absolute atomic E-state index is 12.7. The third-order valence-corrected chi connectivity index (χ3v) is 6.67. The van der Waals surface area contributed by atoms with Crippen LogP contribution in [0.4, 0.5) is 19.0 Å². The zero-order valence-corrected chi connectivity index (χ0v) is 23.4. The van der Waals surface area contributed by atoms with Crippen molar-refractivity contribution in [1.29, 1.82) is 0 Å². The number of thioether (sulfide) groups is 1. The SMILES string of the molecule is CC(C)=CCC/C(C)=C/CC/C(C)=C/CC/C(C)=C/CSCC(Nc1ccc(C(F)(F)F)cn1)C(=O)O. The molecule has 0 spiro atoms. The molecule has 1 aromatic rings. The van der Waals surface area contributed by atoms with E-state index in [0.29, 0.717) is 11.9 Å². The van der Waals surface area contributed by atoms with Gasteiger partial charge in [-0.25, -0.2) is 9.78 Å². The van der Waals surface area contributed by atoms with Crippen molar-refractivity contribution in [3.05, 3.63) is 70.5 Å². The number of alkyl halides is 3. The van der Waals surface area contributed by atoms with Gasteiger partial charge in [0.15, 0.2) is 0 Å². The Morgan fingerprint density at radius 3 is 1.95 bits per heavy atom. The van der Waals surface area contributed by atoms with Gasteiger partial charge in [0.2, 0.25) is 0 Å². The molecule has 1 rings (SSSR count). The summed E-state index contributed by atoms with van der Waals surface area (Å²) in [5.41, 5.74) is 4.57. The highest BCUT2D eigenvalue weighted by Crippen LogP contribution is 2.29. The number of pyridine rings is 1. The van der Waals surface area contributed by atoms with Crippen LogP contribution in [0, 0.1) is 0 Å². The van der Waals surface area contributed by atoms with Crippen LogP contribution in [0.2, 0.25) is 0 Å². The summed E-state index contributed by atoms with van der Waals surface area (Å²) in [4.78, 5) is 15.2. The van der Waals surface area contributed by atoms with Crippen molar-refractivity contribution >= 4 is 23.5 Å². The van der Waals surface area contributed by atoms with Crippen LogP contribution >= 0.6 is 11.8 Å². The lowest BCUT2D eigenvalue weighted by Gasteiger charge is -2.15. The highest BCUT2D eigenvalue weighted by atomic mass is 32.2. The monoisotopic (exact) mass is 538 g/mol. The zero-order chi connectivity index (χ0) is 27.8. The molecule has 0 aliphatic carbocycles. The summed E-state index contributed by atoms with van der Waals surface area (Å²) in [6.45, 7) is 10.7. The minimum Gasteiger partial charge on any atom is -0.480 e. The highest BCUT2D eigenvalue weighted by Gasteiger charge is 2.30. The quantitative estimate of drug-likeness (QED) is 0.163. The second-order valence-corrected chi connectivity index (χ2v) is 10.6. The van der Waals surface area contributed by atoms with Gasteiger partial charge in [-0.3, -0.25) is 0 Å². The molecular weight excluding hydrogens is 497 g/mol. The molecule has 1 unspecified atom stereocenters. The van der Waals surface area contributed by atoms with E-state index in [0.717, 1.165) is 50.7 Å². The predicted octanol–water partition coefficient (Wildman–Crippen LogP) is 8.84. The van der Waals surface area contributed by atoms with Gasteiger partial charge in [-0.15, -0.1) is 0 Å². The lowest BCUT2D eigenvalue weighted by Crippen LogP contribution is -2.32. The molecule has 0 aromatic carbocycles. The molecule has 0 saturated carbocycles. The van der Waals surface area contributed by atoms with E-state index in [1.807, 2.05) is 0 Å². The van der Waals surface area contributed by atoms with E-state index in [9.17, 15) is 23.1 Å². The number of hydrogen-bond acceptors (Lipinski definition) is 4. The van der Waals surface area contributed by atoms with Crippen LogP contribution in [0.5, 0.6) is 0 Å². The third kappa shape index (κ3) is 15.4. The van der Waals surface area contributed by atoms with Crippen molar-refractivity contribution in [2.45, 2.75) is 85.4 Å². The summed E-state index contributed by atoms with van der Waals surface area (Å²) in [5, 5.41) is 12.1. The van der Waals surface area contributed by atoms with Crippen LogP contribution in [-0.4, -0.2) is 33.6 Å². The van der Waals surface area contributed by atoms with Gasteiger partial charge in [0.05, 0.1) is 5.56 Å². The molecule has 0 bridgehead atoms. The lowest BCUT2D eigenvalue weighted by atomic mass is 10.0. The fraction of sp³-hybridized carbons (Fsp3) is 0.517. The summed E-state index contributed by atoms with van der Waals surface area (Å²) < 4.78 is 38.0. The number of allylic oxidation sites excluding steroid dienone is 7. The number of hydrogen-bond donors (Lipinski definition) is 2. The first-order valence-electron chi connectivity index (χ1n) is 12.6. The second-order valence-electron chi connectivity index (χ2n) is 9.55. The van der Waals surface area contributed by atoms with Crippen molar-refractivity contribution in [3.63, 3.8) is 0 Å². The standard InChI is InChI=1S/C29H41F3N2O2S/c1-21(2)9-6-10-22(3)11-7-12-23(4)13-8-14-24(5)17-18-37-20-26(28(35)36)34-27-16-15-25(19-33-27)29(30,31)32/h9,11,13,15-17,19,26H,6-8,10,12,14,18,20H2,1-5H3,(H,33,34)(H,35,36)/b22-11+,23-13+,24-17+. The van der Waals surface area contributed by atoms with E-state index in [1.54, 1.807) is 0 Å². The first-order chi connectivity index (χ1) is 17.4. The van der Waals surface area contributed by atoms with Gasteiger partial charge < -0.3 is 10.4 Å². The van der Waals surface area contributed by atoms with Crippen molar-refractivity contribution in [2.75, 3.05) is 16.8 Å². The van der Waals surface area contributed by atoms with E-state index in [4.69, 9.17) is 0 Å². The molecule has 0 fully saturated rings. The molecule has 37 heavy (non-hydrogen) atoms. The number of anilines is 1. The number of carboxylic acids is 1. The van der Waals surface area contributed by atoms with E-state index < -0.39 is 23.8 Å². The molecule has 0 aliphatic rings. The summed E-state index contributed by atoms with van der Waals surface area (Å²) in [6.07, 6.45) is 11.5. The Morgan fingerprint density at radius 1 is 0.946 bits per heavy atom. The van der Waals surface area contributed by atoms with Crippen LogP contribution in [0.1, 0.15) is 78.7 Å². The smallest absolute Gasteiger partial charge is 0.417 e. The number of nitrogens with zero attached hydrogens (tertiary/aromatic N) is 1. The molecule has 8 heteroatoms. The first-order valence-corrected chi connectivity index (χ1v) is 13.7. The number of aromatic nitrogens is 1. The maximum Gasteiger partial charge on any atom is 0.417 e. The van der Waals surface area contributed by atoms with E-state index in [2.05, 4.69) is 69.2 Å². The Morgan fingerprint density at radius 2 is 1.49 bits per heavy atom. The average molecular weight is 539 g/mol. The summed E-state index contributed by atoms with van der Waals surface area (Å²) in [6, 6.07) is 1.08. The fourth-order valence-corrected chi connectivity index (χ4v) is 4.37. The fourth-order valence-electron chi connectivity index (χ4n) is 3.37. The number of nitrogens with one attached hydrogen (secondary N) is 1. The van der Waals surface area contributed by atoms with Crippen molar-refractivity contribution in [2.24, 2.45) is 0 Å². The third-order valence-electron chi connectivity index (χ3n) is 5.70. The summed E-state index contributed by atoms with van der Waals surface area (Å²) in [7, 11) is 0. The molecule has 0 saturated heterocycles. The van der Waals surface area contributed by atoms with Crippen molar-refractivity contribution in [3.8, 4) is 0 Å². The van der Waals surface area contributed by atoms with Gasteiger partial charge in [0.1, 0.15) is 11.9 Å². The summed E-state index contributed by atoms with van der Waals surface area (Å²) >= 11 is 1.45. The predicted molar refractivity (Wildman–Crippen MR) is 150 cm³/mol. The topological polar surface area (TPSA) is 62.2 Å². The Balaban J connectivity index is 2.37. The van der Waals surface area contributed by atoms with Crippen LogP contribution in [0.25, 0.3) is 0 Å². The van der Waals surface area contributed by atoms with Crippen molar-refractivity contribution < 1.29 is 23.1 Å². The number of carboxylic acid groups (broad SMARTS) is 1. The van der Waals surface area contributed by atoms with Gasteiger partial charge in [-0.2, -0.15) is 24.9 Å². The highest BCUT2D eigenvalue weighted by molar-refractivity contribution is 7.99. The minimum absolute atomic E-state index is 0.101. The molecule has 1 atom stereocenters. The number of rotatable bonds is 16. The normalized spacial score (nSPS) is 13.9. The molecule has 1 aromatic heterocycles. The van der Waals surface area contributed by atoms with E-state index in [-0.39, 0.29) is 11.6 Å². The first kappa shape index (κ1) is 32.5. The second kappa shape index (κ2) is 17.1. The van der Waals surface area contributed by atoms with E-state index in [1.165, 1.54) is 34.1 Å². The van der Waals surface area contributed by atoms with Crippen LogP contribution in [-0.2, 0) is 11.0 Å². The number of aliphatic carboxylic acids is 1. The molecule has 2 N–H and O–H groups in total. The zero-order valence-electron chi connectivity index (χ0n) is 22.6. The van der Waals surface area contributed by atoms with Crippen LogP contribution in [0.3, 0.4) is 0 Å².